The van der Waals surface area contributed by atoms with E-state index in [-0.39, 0.29) is 5.91 Å². The van der Waals surface area contributed by atoms with Crippen LogP contribution in [0.15, 0.2) is 18.2 Å². The first-order valence-corrected chi connectivity index (χ1v) is 10.5. The third kappa shape index (κ3) is 12.2. The molecule has 1 aromatic carbocycles. The Bertz CT molecular complexity index is 610. The van der Waals surface area contributed by atoms with E-state index >= 15 is 0 Å². The van der Waals surface area contributed by atoms with Gasteiger partial charge in [-0.25, -0.2) is 0 Å². The molecule has 1 aromatic rings. The highest BCUT2D eigenvalue weighted by Gasteiger charge is 2.07. The first-order chi connectivity index (χ1) is 14.1. The second kappa shape index (κ2) is 15.9. The van der Waals surface area contributed by atoms with Crippen molar-refractivity contribution in [1.29, 1.82) is 0 Å². The van der Waals surface area contributed by atoms with Gasteiger partial charge in [0, 0.05) is 31.7 Å². The van der Waals surface area contributed by atoms with Crippen molar-refractivity contribution in [3.8, 4) is 0 Å². The Hall–Kier alpha value is -2.00. The number of benzene rings is 1. The summed E-state index contributed by atoms with van der Waals surface area (Å²) in [5.74, 6) is -0.484. The molecule has 6 N–H and O–H groups in total. The second-order valence-corrected chi connectivity index (χ2v) is 6.82. The topological polar surface area (TPSA) is 118 Å². The zero-order chi connectivity index (χ0) is 21.3. The number of primary amides is 1. The minimum absolute atomic E-state index is 0.00183. The molecule has 0 radical (unpaired) electrons. The van der Waals surface area contributed by atoms with Crippen LogP contribution in [-0.4, -0.2) is 51.3 Å². The fourth-order valence-electron chi connectivity index (χ4n) is 2.76. The molecule has 0 atom stereocenters. The minimum Gasteiger partial charge on any atom is -0.366 e. The number of carbonyl (C=O) groups is 2. The molecule has 0 aliphatic heterocycles. The summed E-state index contributed by atoms with van der Waals surface area (Å²) in [5, 5.41) is 12.5. The van der Waals surface area contributed by atoms with Gasteiger partial charge in [-0.15, -0.1) is 0 Å². The zero-order valence-electron chi connectivity index (χ0n) is 17.8. The second-order valence-electron chi connectivity index (χ2n) is 6.82. The van der Waals surface area contributed by atoms with E-state index in [4.69, 9.17) is 10.5 Å². The Labute approximate surface area is 174 Å². The van der Waals surface area contributed by atoms with Crippen LogP contribution >= 0.6 is 0 Å². The summed E-state index contributed by atoms with van der Waals surface area (Å²) in [6, 6.07) is 5.45. The van der Waals surface area contributed by atoms with Crippen LogP contribution in [0.5, 0.6) is 0 Å². The number of ether oxygens (including phenoxy) is 1. The molecule has 8 heteroatoms. The van der Waals surface area contributed by atoms with E-state index < -0.39 is 5.91 Å². The van der Waals surface area contributed by atoms with Gasteiger partial charge in [-0.1, -0.05) is 19.9 Å². The summed E-state index contributed by atoms with van der Waals surface area (Å²) >= 11 is 0. The molecule has 0 bridgehead atoms. The Kier molecular flexibility index (Phi) is 13.7. The third-order valence-electron chi connectivity index (χ3n) is 4.26. The first-order valence-electron chi connectivity index (χ1n) is 10.5. The molecule has 2 amide bonds. The number of carbonyl (C=O) groups excluding carboxylic acids is 2. The van der Waals surface area contributed by atoms with Crippen LogP contribution in [0.2, 0.25) is 0 Å². The van der Waals surface area contributed by atoms with Crippen molar-refractivity contribution >= 4 is 11.8 Å². The number of amides is 2. The number of rotatable bonds is 17. The van der Waals surface area contributed by atoms with E-state index in [0.29, 0.717) is 38.4 Å². The molecule has 1 rings (SSSR count). The molecule has 0 heterocycles. The van der Waals surface area contributed by atoms with Gasteiger partial charge < -0.3 is 26.4 Å². The monoisotopic (exact) mass is 407 g/mol. The summed E-state index contributed by atoms with van der Waals surface area (Å²) in [7, 11) is 0. The van der Waals surface area contributed by atoms with Crippen LogP contribution in [-0.2, 0) is 22.6 Å². The van der Waals surface area contributed by atoms with E-state index in [2.05, 4.69) is 28.2 Å². The Morgan fingerprint density at radius 2 is 1.59 bits per heavy atom. The van der Waals surface area contributed by atoms with E-state index in [1.165, 1.54) is 0 Å². The number of nitrogens with two attached hydrogens (primary N) is 1. The SMILES string of the molecule is CCNCCCOCNCc1cc(CNC(=O)CCCNCC)cc(C(N)=O)c1. The molecular formula is C21H37N5O3. The Morgan fingerprint density at radius 1 is 0.931 bits per heavy atom. The summed E-state index contributed by atoms with van der Waals surface area (Å²) in [4.78, 5) is 23.6. The van der Waals surface area contributed by atoms with E-state index in [1.54, 1.807) is 12.1 Å². The highest BCUT2D eigenvalue weighted by molar-refractivity contribution is 5.93. The fourth-order valence-corrected chi connectivity index (χ4v) is 2.76. The molecule has 0 fully saturated rings. The van der Waals surface area contributed by atoms with Crippen LogP contribution < -0.4 is 27.0 Å². The van der Waals surface area contributed by atoms with Gasteiger partial charge in [-0.05, 0) is 62.3 Å². The van der Waals surface area contributed by atoms with Gasteiger partial charge in [-0.2, -0.15) is 0 Å². The highest BCUT2D eigenvalue weighted by Crippen LogP contribution is 2.11. The average molecular weight is 408 g/mol. The molecule has 0 saturated heterocycles. The molecule has 0 saturated carbocycles. The smallest absolute Gasteiger partial charge is 0.248 e. The predicted molar refractivity (Wildman–Crippen MR) is 115 cm³/mol. The molecule has 0 unspecified atom stereocenters. The van der Waals surface area contributed by atoms with Gasteiger partial charge in [0.1, 0.15) is 0 Å². The van der Waals surface area contributed by atoms with Gasteiger partial charge in [0.25, 0.3) is 0 Å². The molecule has 0 aromatic heterocycles. The van der Waals surface area contributed by atoms with Crippen molar-refractivity contribution in [1.82, 2.24) is 21.3 Å². The lowest BCUT2D eigenvalue weighted by Crippen LogP contribution is -2.25. The quantitative estimate of drug-likeness (QED) is 0.193. The number of nitrogens with one attached hydrogen (secondary N) is 4. The molecule has 164 valence electrons. The maximum Gasteiger partial charge on any atom is 0.248 e. The van der Waals surface area contributed by atoms with Crippen molar-refractivity contribution in [3.63, 3.8) is 0 Å². The minimum atomic E-state index is -0.482. The third-order valence-corrected chi connectivity index (χ3v) is 4.26. The van der Waals surface area contributed by atoms with Crippen LogP contribution in [0.25, 0.3) is 0 Å². The van der Waals surface area contributed by atoms with Gasteiger partial charge in [0.05, 0.1) is 6.73 Å². The fraction of sp³-hybridized carbons (Fsp3) is 0.619. The molecular weight excluding hydrogens is 370 g/mol. The van der Waals surface area contributed by atoms with Gasteiger partial charge in [-0.3, -0.25) is 14.9 Å². The zero-order valence-corrected chi connectivity index (χ0v) is 17.8. The maximum absolute atomic E-state index is 12.0. The normalized spacial score (nSPS) is 10.8. The van der Waals surface area contributed by atoms with Crippen LogP contribution in [0.4, 0.5) is 0 Å². The maximum atomic E-state index is 12.0. The first kappa shape index (κ1) is 25.0. The van der Waals surface area contributed by atoms with Crippen LogP contribution in [0.1, 0.15) is 54.6 Å². The van der Waals surface area contributed by atoms with E-state index in [0.717, 1.165) is 50.1 Å². The van der Waals surface area contributed by atoms with Crippen molar-refractivity contribution in [2.45, 2.75) is 46.2 Å². The lowest BCUT2D eigenvalue weighted by Gasteiger charge is -2.11. The highest BCUT2D eigenvalue weighted by atomic mass is 16.5. The van der Waals surface area contributed by atoms with E-state index in [9.17, 15) is 9.59 Å². The molecule has 0 spiro atoms. The largest absolute Gasteiger partial charge is 0.366 e. The molecule has 8 nitrogen and oxygen atoms in total. The van der Waals surface area contributed by atoms with Gasteiger partial charge in [0.15, 0.2) is 0 Å². The lowest BCUT2D eigenvalue weighted by molar-refractivity contribution is -0.121. The Balaban J connectivity index is 2.44. The van der Waals surface area contributed by atoms with Crippen molar-refractivity contribution < 1.29 is 14.3 Å². The molecule has 0 aliphatic carbocycles. The summed E-state index contributed by atoms with van der Waals surface area (Å²) in [5.41, 5.74) is 7.67. The van der Waals surface area contributed by atoms with Crippen molar-refractivity contribution in [2.24, 2.45) is 5.73 Å². The summed E-state index contributed by atoms with van der Waals surface area (Å²) in [6.45, 7) is 9.80. The number of hydrogen-bond acceptors (Lipinski definition) is 6. The van der Waals surface area contributed by atoms with E-state index in [1.807, 2.05) is 13.0 Å². The average Bonchev–Trinajstić information content (AvgIpc) is 2.71. The summed E-state index contributed by atoms with van der Waals surface area (Å²) < 4.78 is 5.54. The predicted octanol–water partition coefficient (Wildman–Crippen LogP) is 0.855. The van der Waals surface area contributed by atoms with Gasteiger partial charge in [0.2, 0.25) is 11.8 Å². The van der Waals surface area contributed by atoms with Crippen LogP contribution in [0, 0.1) is 0 Å². The summed E-state index contributed by atoms with van der Waals surface area (Å²) in [6.07, 6.45) is 2.23. The van der Waals surface area contributed by atoms with Gasteiger partial charge >= 0.3 is 0 Å². The lowest BCUT2D eigenvalue weighted by atomic mass is 10.0. The Morgan fingerprint density at radius 3 is 2.24 bits per heavy atom. The molecule has 29 heavy (non-hydrogen) atoms. The van der Waals surface area contributed by atoms with Crippen molar-refractivity contribution in [3.05, 3.63) is 34.9 Å². The molecule has 0 aliphatic rings. The van der Waals surface area contributed by atoms with Crippen LogP contribution in [0.3, 0.4) is 0 Å². The number of hydrogen-bond donors (Lipinski definition) is 5. The van der Waals surface area contributed by atoms with Crippen molar-refractivity contribution in [2.75, 3.05) is 39.5 Å². The standard InChI is InChI=1S/C21H37N5O3/c1-3-23-8-5-7-20(27)26-15-18-11-17(12-19(13-18)21(22)28)14-25-16-29-10-6-9-24-4-2/h11-13,23-25H,3-10,14-16H2,1-2H3,(H2,22,28)(H,26,27).